The van der Waals surface area contributed by atoms with Crippen LogP contribution >= 0.6 is 12.6 Å². The first kappa shape index (κ1) is 14.2. The molecule has 0 aliphatic heterocycles. The van der Waals surface area contributed by atoms with Gasteiger partial charge in [0.25, 0.3) is 0 Å². The molecule has 0 amide bonds. The van der Waals surface area contributed by atoms with Crippen LogP contribution in [-0.2, 0) is 6.54 Å². The van der Waals surface area contributed by atoms with Crippen LogP contribution in [0.5, 0.6) is 11.5 Å². The number of thiol groups is 1. The molecule has 0 heterocycles. The van der Waals surface area contributed by atoms with Crippen molar-refractivity contribution in [3.05, 3.63) is 22.8 Å². The molecule has 0 atom stereocenters. The van der Waals surface area contributed by atoms with E-state index in [1.807, 2.05) is 20.0 Å². The maximum atomic E-state index is 5.49. The molecule has 0 aliphatic rings. The molecule has 0 radical (unpaired) electrons. The standard InChI is InChI=1S/C13H21NO2S/c1-9-10(2)13(16-5)11(6-12(9)15-4)7-14(3)8-17/h6,17H,7-8H2,1-5H3. The minimum atomic E-state index is 0.707. The van der Waals surface area contributed by atoms with Crippen LogP contribution in [-0.4, -0.2) is 32.0 Å². The molecule has 1 rings (SSSR count). The summed E-state index contributed by atoms with van der Waals surface area (Å²) in [6.45, 7) is 4.90. The van der Waals surface area contributed by atoms with Crippen molar-refractivity contribution >= 4 is 12.6 Å². The van der Waals surface area contributed by atoms with Crippen molar-refractivity contribution in [1.29, 1.82) is 0 Å². The van der Waals surface area contributed by atoms with Crippen LogP contribution in [0, 0.1) is 13.8 Å². The molecule has 0 aliphatic carbocycles. The zero-order valence-electron chi connectivity index (χ0n) is 11.2. The van der Waals surface area contributed by atoms with Crippen LogP contribution in [0.4, 0.5) is 0 Å². The van der Waals surface area contributed by atoms with Crippen molar-refractivity contribution in [2.75, 3.05) is 27.1 Å². The van der Waals surface area contributed by atoms with Gasteiger partial charge in [-0.1, -0.05) is 0 Å². The summed E-state index contributed by atoms with van der Waals surface area (Å²) in [5, 5.41) is 0. The normalized spacial score (nSPS) is 10.8. The summed E-state index contributed by atoms with van der Waals surface area (Å²) in [5.41, 5.74) is 3.39. The van der Waals surface area contributed by atoms with E-state index in [0.717, 1.165) is 34.7 Å². The Hall–Kier alpha value is -0.870. The van der Waals surface area contributed by atoms with Gasteiger partial charge in [0.05, 0.1) is 14.2 Å². The molecule has 3 nitrogen and oxygen atoms in total. The minimum Gasteiger partial charge on any atom is -0.496 e. The lowest BCUT2D eigenvalue weighted by molar-refractivity contribution is 0.357. The van der Waals surface area contributed by atoms with Gasteiger partial charge in [0, 0.05) is 18.0 Å². The third-order valence-electron chi connectivity index (χ3n) is 2.98. The topological polar surface area (TPSA) is 21.7 Å². The number of nitrogens with zero attached hydrogens (tertiary/aromatic N) is 1. The molecular formula is C13H21NO2S. The van der Waals surface area contributed by atoms with Crippen molar-refractivity contribution in [3.63, 3.8) is 0 Å². The number of rotatable bonds is 5. The highest BCUT2D eigenvalue weighted by molar-refractivity contribution is 7.80. The van der Waals surface area contributed by atoms with Gasteiger partial charge in [-0.25, -0.2) is 0 Å². The zero-order valence-corrected chi connectivity index (χ0v) is 12.1. The molecule has 4 heteroatoms. The quantitative estimate of drug-likeness (QED) is 0.646. The van der Waals surface area contributed by atoms with Gasteiger partial charge in [-0.15, -0.1) is 0 Å². The number of benzene rings is 1. The fourth-order valence-corrected chi connectivity index (χ4v) is 1.98. The first-order valence-corrected chi connectivity index (χ1v) is 6.18. The summed E-state index contributed by atoms with van der Waals surface area (Å²) >= 11 is 4.26. The molecular weight excluding hydrogens is 234 g/mol. The zero-order chi connectivity index (χ0) is 13.0. The van der Waals surface area contributed by atoms with Crippen LogP contribution in [0.2, 0.25) is 0 Å². The third-order valence-corrected chi connectivity index (χ3v) is 3.46. The molecule has 0 unspecified atom stereocenters. The molecule has 17 heavy (non-hydrogen) atoms. The predicted molar refractivity (Wildman–Crippen MR) is 74.3 cm³/mol. The summed E-state index contributed by atoms with van der Waals surface area (Å²) < 4.78 is 10.9. The monoisotopic (exact) mass is 255 g/mol. The van der Waals surface area contributed by atoms with E-state index in [9.17, 15) is 0 Å². The second-order valence-corrected chi connectivity index (χ2v) is 4.46. The lowest BCUT2D eigenvalue weighted by Crippen LogP contribution is -2.16. The highest BCUT2D eigenvalue weighted by atomic mass is 32.1. The van der Waals surface area contributed by atoms with Crippen molar-refractivity contribution in [1.82, 2.24) is 4.90 Å². The van der Waals surface area contributed by atoms with E-state index in [4.69, 9.17) is 9.47 Å². The molecule has 0 saturated heterocycles. The van der Waals surface area contributed by atoms with Crippen LogP contribution in [0.3, 0.4) is 0 Å². The number of hydrogen-bond acceptors (Lipinski definition) is 4. The average Bonchev–Trinajstić information content (AvgIpc) is 2.33. The van der Waals surface area contributed by atoms with Gasteiger partial charge >= 0.3 is 0 Å². The molecule has 0 saturated carbocycles. The summed E-state index contributed by atoms with van der Waals surface area (Å²) in [5.74, 6) is 2.56. The second-order valence-electron chi connectivity index (χ2n) is 4.18. The Morgan fingerprint density at radius 1 is 1.18 bits per heavy atom. The third kappa shape index (κ3) is 3.07. The number of hydrogen-bond donors (Lipinski definition) is 1. The highest BCUT2D eigenvalue weighted by Crippen LogP contribution is 2.33. The Morgan fingerprint density at radius 3 is 2.29 bits per heavy atom. The van der Waals surface area contributed by atoms with E-state index in [2.05, 4.69) is 24.5 Å². The highest BCUT2D eigenvalue weighted by Gasteiger charge is 2.14. The summed E-state index contributed by atoms with van der Waals surface area (Å²) in [6.07, 6.45) is 0. The minimum absolute atomic E-state index is 0.707. The lowest BCUT2D eigenvalue weighted by atomic mass is 10.0. The number of ether oxygens (including phenoxy) is 2. The van der Waals surface area contributed by atoms with Gasteiger partial charge in [0.1, 0.15) is 11.5 Å². The van der Waals surface area contributed by atoms with Crippen molar-refractivity contribution in [2.45, 2.75) is 20.4 Å². The van der Waals surface area contributed by atoms with Gasteiger partial charge < -0.3 is 9.47 Å². The Bertz CT molecular complexity index is 393. The Kier molecular flexibility index (Phi) is 5.15. The first-order valence-electron chi connectivity index (χ1n) is 5.55. The van der Waals surface area contributed by atoms with Crippen molar-refractivity contribution in [2.24, 2.45) is 0 Å². The van der Waals surface area contributed by atoms with E-state index in [1.165, 1.54) is 0 Å². The van der Waals surface area contributed by atoms with Gasteiger partial charge in [-0.3, -0.25) is 4.90 Å². The fraction of sp³-hybridized carbons (Fsp3) is 0.538. The largest absolute Gasteiger partial charge is 0.496 e. The van der Waals surface area contributed by atoms with Gasteiger partial charge in [0.15, 0.2) is 0 Å². The van der Waals surface area contributed by atoms with Crippen molar-refractivity contribution in [3.8, 4) is 11.5 Å². The van der Waals surface area contributed by atoms with E-state index in [0.29, 0.717) is 5.88 Å². The lowest BCUT2D eigenvalue weighted by Gasteiger charge is -2.20. The molecule has 1 aromatic carbocycles. The molecule has 96 valence electrons. The second kappa shape index (κ2) is 6.17. The maximum absolute atomic E-state index is 5.49. The van der Waals surface area contributed by atoms with E-state index in [1.54, 1.807) is 14.2 Å². The molecule has 0 spiro atoms. The molecule has 0 bridgehead atoms. The van der Waals surface area contributed by atoms with Gasteiger partial charge in [0.2, 0.25) is 0 Å². The van der Waals surface area contributed by atoms with Crippen LogP contribution in [0.25, 0.3) is 0 Å². The van der Waals surface area contributed by atoms with Crippen molar-refractivity contribution < 1.29 is 9.47 Å². The molecule has 1 aromatic rings. The molecule has 0 fully saturated rings. The van der Waals surface area contributed by atoms with Crippen LogP contribution < -0.4 is 9.47 Å². The summed E-state index contributed by atoms with van der Waals surface area (Å²) in [6, 6.07) is 2.04. The molecule has 0 N–H and O–H groups in total. The van der Waals surface area contributed by atoms with E-state index in [-0.39, 0.29) is 0 Å². The Balaban J connectivity index is 3.22. The van der Waals surface area contributed by atoms with Gasteiger partial charge in [-0.05, 0) is 38.1 Å². The van der Waals surface area contributed by atoms with E-state index < -0.39 is 0 Å². The SMILES string of the molecule is COc1cc(CN(C)CS)c(OC)c(C)c1C. The van der Waals surface area contributed by atoms with Crippen LogP contribution in [0.15, 0.2) is 6.07 Å². The maximum Gasteiger partial charge on any atom is 0.126 e. The predicted octanol–water partition coefficient (Wildman–Crippen LogP) is 2.64. The Labute approximate surface area is 109 Å². The smallest absolute Gasteiger partial charge is 0.126 e. The summed E-state index contributed by atoms with van der Waals surface area (Å²) in [4.78, 5) is 2.11. The average molecular weight is 255 g/mol. The summed E-state index contributed by atoms with van der Waals surface area (Å²) in [7, 11) is 5.42. The Morgan fingerprint density at radius 2 is 1.82 bits per heavy atom. The molecule has 0 aromatic heterocycles. The number of methoxy groups -OCH3 is 2. The fourth-order valence-electron chi connectivity index (χ4n) is 1.88. The van der Waals surface area contributed by atoms with E-state index >= 15 is 0 Å². The van der Waals surface area contributed by atoms with Gasteiger partial charge in [-0.2, -0.15) is 12.6 Å². The first-order chi connectivity index (χ1) is 8.04. The van der Waals surface area contributed by atoms with Crippen LogP contribution in [0.1, 0.15) is 16.7 Å².